The monoisotopic (exact) mass is 349 g/mol. The highest BCUT2D eigenvalue weighted by molar-refractivity contribution is 7.10. The van der Waals surface area contributed by atoms with Gasteiger partial charge in [0.15, 0.2) is 5.60 Å². The molecule has 1 saturated carbocycles. The third-order valence-corrected chi connectivity index (χ3v) is 7.52. The molecule has 1 aromatic heterocycles. The summed E-state index contributed by atoms with van der Waals surface area (Å²) in [6.45, 7) is 0. The largest absolute Gasteiger partial charge is 0.458 e. The molecule has 2 bridgehead atoms. The molecule has 0 aromatic carbocycles. The summed E-state index contributed by atoms with van der Waals surface area (Å²) in [6, 6.07) is 4.76. The van der Waals surface area contributed by atoms with Crippen molar-refractivity contribution in [2.24, 2.45) is 5.92 Å². The number of fused-ring (bicyclic) bond motifs is 2. The molecule has 2 saturated heterocycles. The van der Waals surface area contributed by atoms with Gasteiger partial charge in [-0.2, -0.15) is 0 Å². The molecule has 0 radical (unpaired) electrons. The first kappa shape index (κ1) is 16.6. The van der Waals surface area contributed by atoms with Crippen molar-refractivity contribution in [2.45, 2.75) is 75.2 Å². The molecule has 0 spiro atoms. The number of carbonyl (C=O) groups excluding carboxylic acids is 1. The van der Waals surface area contributed by atoms with Crippen LogP contribution >= 0.6 is 11.3 Å². The molecule has 24 heavy (non-hydrogen) atoms. The highest BCUT2D eigenvalue weighted by Crippen LogP contribution is 2.44. The maximum atomic E-state index is 13.1. The number of rotatable bonds is 4. The van der Waals surface area contributed by atoms with Crippen LogP contribution in [0.1, 0.15) is 56.2 Å². The van der Waals surface area contributed by atoms with Gasteiger partial charge in [-0.05, 0) is 57.0 Å². The van der Waals surface area contributed by atoms with Gasteiger partial charge in [-0.25, -0.2) is 4.79 Å². The number of ether oxygens (including phenoxy) is 1. The summed E-state index contributed by atoms with van der Waals surface area (Å²) in [7, 11) is 2.14. The zero-order valence-corrected chi connectivity index (χ0v) is 15.1. The van der Waals surface area contributed by atoms with E-state index in [1.807, 2.05) is 17.5 Å². The summed E-state index contributed by atoms with van der Waals surface area (Å²) in [5.74, 6) is -0.429. The number of likely N-dealkylation sites (N-methyl/N-ethyl adjacent to an activating group) is 1. The van der Waals surface area contributed by atoms with Crippen LogP contribution < -0.4 is 0 Å². The number of thiophene rings is 1. The Balaban J connectivity index is 1.56. The highest BCUT2D eigenvalue weighted by Gasteiger charge is 2.51. The van der Waals surface area contributed by atoms with E-state index in [0.29, 0.717) is 12.1 Å². The number of esters is 1. The molecular formula is C19H27NO3S. The highest BCUT2D eigenvalue weighted by atomic mass is 32.1. The van der Waals surface area contributed by atoms with Gasteiger partial charge in [0.2, 0.25) is 0 Å². The van der Waals surface area contributed by atoms with Gasteiger partial charge in [0.05, 0.1) is 0 Å². The summed E-state index contributed by atoms with van der Waals surface area (Å²) < 4.78 is 5.97. The minimum atomic E-state index is -1.46. The molecule has 1 N–H and O–H groups in total. The van der Waals surface area contributed by atoms with Crippen molar-refractivity contribution in [3.05, 3.63) is 22.4 Å². The standard InChI is InChI=1S/C19H27NO3S/c1-20-14-8-10-15(20)16(11-9-14)23-18(21)19(22,13-5-2-3-6-13)17-7-4-12-24-17/h4,7,12-16,22H,2-3,5-6,8-11H2,1H3/t14-,15+,16-,19+/m1/s1. The van der Waals surface area contributed by atoms with E-state index in [2.05, 4.69) is 11.9 Å². The lowest BCUT2D eigenvalue weighted by atomic mass is 9.84. The Bertz CT molecular complexity index is 583. The second kappa shape index (κ2) is 6.43. The van der Waals surface area contributed by atoms with E-state index in [4.69, 9.17) is 4.74 Å². The minimum absolute atomic E-state index is 0.0127. The van der Waals surface area contributed by atoms with Gasteiger partial charge in [0, 0.05) is 22.9 Å². The Morgan fingerprint density at radius 3 is 2.71 bits per heavy atom. The Morgan fingerprint density at radius 1 is 1.25 bits per heavy atom. The van der Waals surface area contributed by atoms with Gasteiger partial charge in [-0.1, -0.05) is 18.9 Å². The van der Waals surface area contributed by atoms with Gasteiger partial charge < -0.3 is 9.84 Å². The Kier molecular flexibility index (Phi) is 4.43. The predicted molar refractivity (Wildman–Crippen MR) is 93.9 cm³/mol. The van der Waals surface area contributed by atoms with E-state index < -0.39 is 11.6 Å². The van der Waals surface area contributed by atoms with E-state index in [0.717, 1.165) is 49.8 Å². The lowest BCUT2D eigenvalue weighted by Gasteiger charge is -2.39. The zero-order valence-electron chi connectivity index (χ0n) is 14.3. The lowest BCUT2D eigenvalue weighted by molar-refractivity contribution is -0.183. The molecule has 3 aliphatic rings. The van der Waals surface area contributed by atoms with Crippen LogP contribution in [0.5, 0.6) is 0 Å². The van der Waals surface area contributed by atoms with Crippen LogP contribution in [0.15, 0.2) is 17.5 Å². The van der Waals surface area contributed by atoms with Crippen LogP contribution in [-0.4, -0.2) is 41.2 Å². The Labute approximate surface area is 147 Å². The number of hydrogen-bond donors (Lipinski definition) is 1. The number of carbonyl (C=O) groups is 1. The van der Waals surface area contributed by atoms with E-state index >= 15 is 0 Å². The summed E-state index contributed by atoms with van der Waals surface area (Å²) in [5, 5.41) is 13.4. The number of piperidine rings is 1. The molecule has 0 amide bonds. The van der Waals surface area contributed by atoms with Crippen LogP contribution in [0.25, 0.3) is 0 Å². The van der Waals surface area contributed by atoms with Gasteiger partial charge in [0.25, 0.3) is 0 Å². The fourth-order valence-electron chi connectivity index (χ4n) is 5.06. The molecule has 2 aliphatic heterocycles. The average Bonchev–Trinajstić information content (AvgIpc) is 3.31. The van der Waals surface area contributed by atoms with Crippen molar-refractivity contribution in [3.8, 4) is 0 Å². The number of aliphatic hydroxyl groups is 1. The molecule has 3 heterocycles. The van der Waals surface area contributed by atoms with Crippen LogP contribution in [0.4, 0.5) is 0 Å². The average molecular weight is 349 g/mol. The van der Waals surface area contributed by atoms with Gasteiger partial charge in [-0.15, -0.1) is 11.3 Å². The van der Waals surface area contributed by atoms with Crippen molar-refractivity contribution >= 4 is 17.3 Å². The fraction of sp³-hybridized carbons (Fsp3) is 0.737. The van der Waals surface area contributed by atoms with Crippen molar-refractivity contribution in [1.29, 1.82) is 0 Å². The number of hydrogen-bond acceptors (Lipinski definition) is 5. The summed E-state index contributed by atoms with van der Waals surface area (Å²) in [5.41, 5.74) is -1.46. The first-order chi connectivity index (χ1) is 11.6. The van der Waals surface area contributed by atoms with Crippen molar-refractivity contribution in [1.82, 2.24) is 4.90 Å². The maximum Gasteiger partial charge on any atom is 0.344 e. The fourth-order valence-corrected chi connectivity index (χ4v) is 5.95. The first-order valence-electron chi connectivity index (χ1n) is 9.30. The van der Waals surface area contributed by atoms with Crippen LogP contribution in [0.3, 0.4) is 0 Å². The SMILES string of the molecule is CN1[C@H]2CC[C@@H](OC(=O)[C@@](O)(c3cccs3)C3CCCC3)[C@@H]1CC2. The third-order valence-electron chi connectivity index (χ3n) is 6.52. The van der Waals surface area contributed by atoms with Crippen LogP contribution in [0.2, 0.25) is 0 Å². The predicted octanol–water partition coefficient (Wildman–Crippen LogP) is 3.29. The van der Waals surface area contributed by atoms with E-state index in [-0.39, 0.29) is 12.0 Å². The molecule has 0 unspecified atom stereocenters. The zero-order chi connectivity index (χ0) is 16.7. The molecule has 1 aromatic rings. The van der Waals surface area contributed by atoms with Crippen LogP contribution in [0, 0.1) is 5.92 Å². The van der Waals surface area contributed by atoms with Crippen LogP contribution in [-0.2, 0) is 15.1 Å². The normalized spacial score (nSPS) is 33.5. The quantitative estimate of drug-likeness (QED) is 0.848. The summed E-state index contributed by atoms with van der Waals surface area (Å²) >= 11 is 1.46. The molecule has 1 aliphatic carbocycles. The molecule has 132 valence electrons. The second-order valence-electron chi connectivity index (χ2n) is 7.71. The summed E-state index contributed by atoms with van der Waals surface area (Å²) in [4.78, 5) is 16.2. The third kappa shape index (κ3) is 2.61. The van der Waals surface area contributed by atoms with E-state index in [1.54, 1.807) is 0 Å². The van der Waals surface area contributed by atoms with Crippen molar-refractivity contribution in [2.75, 3.05) is 7.05 Å². The van der Waals surface area contributed by atoms with Gasteiger partial charge >= 0.3 is 5.97 Å². The topological polar surface area (TPSA) is 49.8 Å². The van der Waals surface area contributed by atoms with Gasteiger partial charge in [0.1, 0.15) is 6.10 Å². The van der Waals surface area contributed by atoms with E-state index in [9.17, 15) is 9.90 Å². The molecule has 5 heteroatoms. The van der Waals surface area contributed by atoms with Crippen molar-refractivity contribution < 1.29 is 14.6 Å². The van der Waals surface area contributed by atoms with Crippen molar-refractivity contribution in [3.63, 3.8) is 0 Å². The second-order valence-corrected chi connectivity index (χ2v) is 8.66. The molecule has 4 rings (SSSR count). The Hall–Kier alpha value is -0.910. The molecular weight excluding hydrogens is 322 g/mol. The smallest absolute Gasteiger partial charge is 0.344 e. The molecule has 3 fully saturated rings. The first-order valence-corrected chi connectivity index (χ1v) is 10.2. The minimum Gasteiger partial charge on any atom is -0.458 e. The maximum absolute atomic E-state index is 13.1. The molecule has 4 nitrogen and oxygen atoms in total. The van der Waals surface area contributed by atoms with Gasteiger partial charge in [-0.3, -0.25) is 4.90 Å². The lowest BCUT2D eigenvalue weighted by Crippen LogP contribution is -2.50. The van der Waals surface area contributed by atoms with E-state index in [1.165, 1.54) is 17.8 Å². The summed E-state index contributed by atoms with van der Waals surface area (Å²) in [6.07, 6.45) is 8.22. The number of nitrogens with zero attached hydrogens (tertiary/aromatic N) is 1. The molecule has 4 atom stereocenters. The Morgan fingerprint density at radius 2 is 2.00 bits per heavy atom.